The molecule has 4 heteroatoms. The van der Waals surface area contributed by atoms with Crippen molar-refractivity contribution >= 4 is 5.69 Å². The smallest absolute Gasteiger partial charge is 0.142 e. The third-order valence-electron chi connectivity index (χ3n) is 2.81. The maximum atomic E-state index is 8.97. The van der Waals surface area contributed by atoms with E-state index < -0.39 is 0 Å². The summed E-state index contributed by atoms with van der Waals surface area (Å²) >= 11 is 0. The van der Waals surface area contributed by atoms with Gasteiger partial charge in [0.05, 0.1) is 19.4 Å². The lowest BCUT2D eigenvalue weighted by Gasteiger charge is -2.24. The monoisotopic (exact) mass is 238 g/mol. The van der Waals surface area contributed by atoms with Gasteiger partial charge in [-0.3, -0.25) is 0 Å². The number of aryl methyl sites for hydroxylation is 1. The number of anilines is 1. The van der Waals surface area contributed by atoms with Gasteiger partial charge in [-0.1, -0.05) is 13.0 Å². The van der Waals surface area contributed by atoms with Crippen LogP contribution >= 0.6 is 0 Å². The second kappa shape index (κ2) is 6.47. The second-order valence-corrected chi connectivity index (χ2v) is 4.18. The SMILES string of the molecule is CCc1ccc(OC)c(N(C)CC(N)CO)c1. The highest BCUT2D eigenvalue weighted by Gasteiger charge is 2.11. The van der Waals surface area contributed by atoms with E-state index in [9.17, 15) is 0 Å². The van der Waals surface area contributed by atoms with Gasteiger partial charge in [0.1, 0.15) is 5.75 Å². The first kappa shape index (κ1) is 13.8. The third-order valence-corrected chi connectivity index (χ3v) is 2.81. The van der Waals surface area contributed by atoms with Crippen molar-refractivity contribution in [2.24, 2.45) is 5.73 Å². The standard InChI is InChI=1S/C13H22N2O2/c1-4-10-5-6-13(17-3)12(7-10)15(2)8-11(14)9-16/h5-7,11,16H,4,8-9,14H2,1-3H3. The number of aliphatic hydroxyl groups excluding tert-OH is 1. The van der Waals surface area contributed by atoms with Gasteiger partial charge in [-0.2, -0.15) is 0 Å². The zero-order chi connectivity index (χ0) is 12.8. The first-order valence-corrected chi connectivity index (χ1v) is 5.86. The van der Waals surface area contributed by atoms with Gasteiger partial charge in [0.25, 0.3) is 0 Å². The fourth-order valence-electron chi connectivity index (χ4n) is 1.76. The highest BCUT2D eigenvalue weighted by Crippen LogP contribution is 2.28. The Kier molecular flexibility index (Phi) is 5.25. The Labute approximate surface area is 103 Å². The number of nitrogens with two attached hydrogens (primary N) is 1. The van der Waals surface area contributed by atoms with Crippen LogP contribution in [0.4, 0.5) is 5.69 Å². The van der Waals surface area contributed by atoms with E-state index in [1.165, 1.54) is 5.56 Å². The molecule has 96 valence electrons. The van der Waals surface area contributed by atoms with Crippen LogP contribution in [0, 0.1) is 0 Å². The zero-order valence-corrected chi connectivity index (χ0v) is 10.8. The number of ether oxygens (including phenoxy) is 1. The van der Waals surface area contributed by atoms with Gasteiger partial charge >= 0.3 is 0 Å². The molecule has 0 aromatic heterocycles. The van der Waals surface area contributed by atoms with Gasteiger partial charge in [0.15, 0.2) is 0 Å². The molecule has 0 heterocycles. The Morgan fingerprint density at radius 1 is 1.47 bits per heavy atom. The molecule has 0 radical (unpaired) electrons. The molecule has 1 aromatic carbocycles. The van der Waals surface area contributed by atoms with E-state index in [4.69, 9.17) is 15.6 Å². The summed E-state index contributed by atoms with van der Waals surface area (Å²) in [6, 6.07) is 5.88. The number of rotatable bonds is 6. The summed E-state index contributed by atoms with van der Waals surface area (Å²) < 4.78 is 5.34. The molecule has 1 atom stereocenters. The maximum Gasteiger partial charge on any atom is 0.142 e. The van der Waals surface area contributed by atoms with Crippen molar-refractivity contribution in [3.63, 3.8) is 0 Å². The summed E-state index contributed by atoms with van der Waals surface area (Å²) in [7, 11) is 3.61. The summed E-state index contributed by atoms with van der Waals surface area (Å²) in [5.41, 5.74) is 8.01. The number of methoxy groups -OCH3 is 1. The van der Waals surface area contributed by atoms with Crippen LogP contribution in [0.1, 0.15) is 12.5 Å². The van der Waals surface area contributed by atoms with E-state index in [0.717, 1.165) is 17.9 Å². The Morgan fingerprint density at radius 3 is 2.71 bits per heavy atom. The third kappa shape index (κ3) is 3.61. The fourth-order valence-corrected chi connectivity index (χ4v) is 1.76. The van der Waals surface area contributed by atoms with E-state index in [-0.39, 0.29) is 12.6 Å². The molecule has 17 heavy (non-hydrogen) atoms. The minimum Gasteiger partial charge on any atom is -0.495 e. The van der Waals surface area contributed by atoms with Crippen molar-refractivity contribution in [2.75, 3.05) is 32.2 Å². The summed E-state index contributed by atoms with van der Waals surface area (Å²) in [6.07, 6.45) is 0.983. The van der Waals surface area contributed by atoms with E-state index in [1.807, 2.05) is 18.0 Å². The summed E-state index contributed by atoms with van der Waals surface area (Å²) in [5, 5.41) is 8.97. The summed E-state index contributed by atoms with van der Waals surface area (Å²) in [6.45, 7) is 2.70. The normalized spacial score (nSPS) is 12.3. The molecule has 1 rings (SSSR count). The zero-order valence-electron chi connectivity index (χ0n) is 10.8. The van der Waals surface area contributed by atoms with Crippen LogP contribution in [0.15, 0.2) is 18.2 Å². The molecule has 0 aliphatic heterocycles. The average Bonchev–Trinajstić information content (AvgIpc) is 2.37. The highest BCUT2D eigenvalue weighted by atomic mass is 16.5. The summed E-state index contributed by atoms with van der Waals surface area (Å²) in [5.74, 6) is 0.829. The van der Waals surface area contributed by atoms with Gasteiger partial charge in [-0.15, -0.1) is 0 Å². The predicted octanol–water partition coefficient (Wildman–Crippen LogP) is 1.01. The second-order valence-electron chi connectivity index (χ2n) is 4.18. The molecule has 3 N–H and O–H groups in total. The van der Waals surface area contributed by atoms with Crippen LogP contribution in [0.5, 0.6) is 5.75 Å². The lowest BCUT2D eigenvalue weighted by molar-refractivity contribution is 0.267. The molecule has 0 saturated heterocycles. The van der Waals surface area contributed by atoms with E-state index in [2.05, 4.69) is 19.1 Å². The lowest BCUT2D eigenvalue weighted by atomic mass is 10.1. The molecule has 1 unspecified atom stereocenters. The molecule has 4 nitrogen and oxygen atoms in total. The molecule has 0 bridgehead atoms. The molecule has 0 saturated carbocycles. The predicted molar refractivity (Wildman–Crippen MR) is 70.7 cm³/mol. The maximum absolute atomic E-state index is 8.97. The molecule has 1 aromatic rings. The molecule has 0 aliphatic rings. The van der Waals surface area contributed by atoms with Crippen molar-refractivity contribution in [3.8, 4) is 5.75 Å². The van der Waals surface area contributed by atoms with Gasteiger partial charge in [0.2, 0.25) is 0 Å². The number of likely N-dealkylation sites (N-methyl/N-ethyl adjacent to an activating group) is 1. The van der Waals surface area contributed by atoms with Gasteiger partial charge < -0.3 is 20.5 Å². The highest BCUT2D eigenvalue weighted by molar-refractivity contribution is 5.59. The van der Waals surface area contributed by atoms with Gasteiger partial charge in [0, 0.05) is 19.6 Å². The van der Waals surface area contributed by atoms with Crippen molar-refractivity contribution in [1.82, 2.24) is 0 Å². The number of hydrogen-bond donors (Lipinski definition) is 2. The van der Waals surface area contributed by atoms with Crippen LogP contribution in [-0.4, -0.2) is 38.5 Å². The number of nitrogens with zero attached hydrogens (tertiary/aromatic N) is 1. The van der Waals surface area contributed by atoms with E-state index in [0.29, 0.717) is 6.54 Å². The number of hydrogen-bond acceptors (Lipinski definition) is 4. The van der Waals surface area contributed by atoms with Crippen molar-refractivity contribution in [1.29, 1.82) is 0 Å². The van der Waals surface area contributed by atoms with Crippen LogP contribution in [0.3, 0.4) is 0 Å². The number of aliphatic hydroxyl groups is 1. The Hall–Kier alpha value is -1.26. The molecule has 0 aliphatic carbocycles. The Bertz CT molecular complexity index is 355. The van der Waals surface area contributed by atoms with Crippen LogP contribution in [0.25, 0.3) is 0 Å². The fraction of sp³-hybridized carbons (Fsp3) is 0.538. The van der Waals surface area contributed by atoms with Crippen LogP contribution in [-0.2, 0) is 6.42 Å². The van der Waals surface area contributed by atoms with E-state index in [1.54, 1.807) is 7.11 Å². The van der Waals surface area contributed by atoms with Crippen molar-refractivity contribution in [2.45, 2.75) is 19.4 Å². The first-order valence-electron chi connectivity index (χ1n) is 5.86. The molecule has 0 amide bonds. The molecular weight excluding hydrogens is 216 g/mol. The van der Waals surface area contributed by atoms with Crippen molar-refractivity contribution < 1.29 is 9.84 Å². The lowest BCUT2D eigenvalue weighted by Crippen LogP contribution is -2.38. The topological polar surface area (TPSA) is 58.7 Å². The Morgan fingerprint density at radius 2 is 2.18 bits per heavy atom. The molecule has 0 fully saturated rings. The van der Waals surface area contributed by atoms with Crippen LogP contribution < -0.4 is 15.4 Å². The van der Waals surface area contributed by atoms with E-state index >= 15 is 0 Å². The summed E-state index contributed by atoms with van der Waals surface area (Å²) in [4.78, 5) is 2.01. The molecule has 0 spiro atoms. The Balaban J connectivity index is 2.92. The number of benzene rings is 1. The average molecular weight is 238 g/mol. The minimum absolute atomic E-state index is 0.0138. The quantitative estimate of drug-likeness (QED) is 0.776. The largest absolute Gasteiger partial charge is 0.495 e. The van der Waals surface area contributed by atoms with Gasteiger partial charge in [-0.25, -0.2) is 0 Å². The van der Waals surface area contributed by atoms with Crippen molar-refractivity contribution in [3.05, 3.63) is 23.8 Å². The van der Waals surface area contributed by atoms with Gasteiger partial charge in [-0.05, 0) is 24.1 Å². The van der Waals surface area contributed by atoms with Crippen LogP contribution in [0.2, 0.25) is 0 Å². The molecular formula is C13H22N2O2. The minimum atomic E-state index is -0.241. The first-order chi connectivity index (χ1) is 8.12.